The molecule has 0 saturated carbocycles. The Kier molecular flexibility index (Phi) is 8.77. The number of nitrogens with one attached hydrogen (secondary N) is 1. The van der Waals surface area contributed by atoms with E-state index in [1.165, 1.54) is 11.3 Å². The molecule has 1 aliphatic heterocycles. The fraction of sp³-hybridized carbons (Fsp3) is 0.333. The van der Waals surface area contributed by atoms with Crippen LogP contribution in [0.4, 0.5) is 17.5 Å². The Morgan fingerprint density at radius 3 is 2.60 bits per heavy atom. The largest absolute Gasteiger partial charge is 0.439 e. The Balaban J connectivity index is 1.19. The van der Waals surface area contributed by atoms with E-state index in [1.807, 2.05) is 52.6 Å². The molecule has 1 fully saturated rings. The molecule has 1 aromatic carbocycles. The molecule has 1 aliphatic rings. The van der Waals surface area contributed by atoms with Gasteiger partial charge in [-0.05, 0) is 24.6 Å². The minimum absolute atomic E-state index is 0.0191. The zero-order valence-corrected chi connectivity index (χ0v) is 24.6. The molecule has 4 aromatic heterocycles. The van der Waals surface area contributed by atoms with Crippen molar-refractivity contribution in [2.45, 2.75) is 13.5 Å². The molecule has 1 saturated heterocycles. The SMILES string of the molecule is Cc1nn(-c2ccnc(Nc3ccc(-c4csc5c(=O)cc(N6CCOCC6)oc45)cc3)n2)cc1CN(CCO)CCO. The number of thiophene rings is 1. The van der Waals surface area contributed by atoms with Crippen LogP contribution in [0.5, 0.6) is 0 Å². The van der Waals surface area contributed by atoms with Crippen molar-refractivity contribution in [1.82, 2.24) is 24.6 Å². The summed E-state index contributed by atoms with van der Waals surface area (Å²) in [5, 5.41) is 28.5. The van der Waals surface area contributed by atoms with Crippen LogP contribution in [-0.2, 0) is 11.3 Å². The molecular formula is C30H33N7O5S. The molecule has 13 heteroatoms. The van der Waals surface area contributed by atoms with Crippen molar-refractivity contribution in [3.8, 4) is 16.9 Å². The number of aliphatic hydroxyl groups is 2. The molecule has 0 bridgehead atoms. The molecule has 224 valence electrons. The number of anilines is 3. The molecule has 0 atom stereocenters. The van der Waals surface area contributed by atoms with E-state index >= 15 is 0 Å². The van der Waals surface area contributed by atoms with Crippen LogP contribution in [0.1, 0.15) is 11.3 Å². The lowest BCUT2D eigenvalue weighted by Gasteiger charge is -2.27. The third-order valence-corrected chi connectivity index (χ3v) is 8.28. The number of aromatic nitrogens is 4. The maximum atomic E-state index is 12.8. The maximum absolute atomic E-state index is 12.8. The lowest BCUT2D eigenvalue weighted by Crippen LogP contribution is -2.36. The first kappa shape index (κ1) is 29.0. The van der Waals surface area contributed by atoms with Crippen LogP contribution in [0.2, 0.25) is 0 Å². The van der Waals surface area contributed by atoms with Gasteiger partial charge in [0, 0.05) is 79.4 Å². The van der Waals surface area contributed by atoms with Crippen LogP contribution < -0.4 is 15.6 Å². The maximum Gasteiger partial charge on any atom is 0.229 e. The molecule has 5 aromatic rings. The Morgan fingerprint density at radius 2 is 1.86 bits per heavy atom. The van der Waals surface area contributed by atoms with Gasteiger partial charge in [-0.1, -0.05) is 12.1 Å². The van der Waals surface area contributed by atoms with E-state index in [4.69, 9.17) is 9.15 Å². The zero-order valence-electron chi connectivity index (χ0n) is 23.8. The summed E-state index contributed by atoms with van der Waals surface area (Å²) >= 11 is 1.39. The van der Waals surface area contributed by atoms with Gasteiger partial charge < -0.3 is 29.6 Å². The fourth-order valence-electron chi connectivity index (χ4n) is 5.03. The highest BCUT2D eigenvalue weighted by Crippen LogP contribution is 2.35. The molecule has 43 heavy (non-hydrogen) atoms. The van der Waals surface area contributed by atoms with Crippen LogP contribution in [0.3, 0.4) is 0 Å². The summed E-state index contributed by atoms with van der Waals surface area (Å²) in [5.41, 5.74) is 5.00. The standard InChI is InChI=1S/C30H33N7O5S/c1-20-22(17-35(8-12-38)9-13-39)18-37(34-20)26-6-7-31-30(33-26)32-23-4-2-21(3-5-23)24-19-43-29-25(40)16-27(42-28(24)29)36-10-14-41-15-11-36/h2-7,16,18-19,38-39H,8-15,17H2,1H3,(H,31,32,33). The average Bonchev–Trinajstić information content (AvgIpc) is 3.62. The first-order valence-corrected chi connectivity index (χ1v) is 15.0. The van der Waals surface area contributed by atoms with Crippen molar-refractivity contribution in [2.75, 3.05) is 62.8 Å². The van der Waals surface area contributed by atoms with Gasteiger partial charge in [-0.3, -0.25) is 9.69 Å². The van der Waals surface area contributed by atoms with Gasteiger partial charge in [0.2, 0.25) is 11.4 Å². The number of benzene rings is 1. The number of fused-ring (bicyclic) bond motifs is 1. The summed E-state index contributed by atoms with van der Waals surface area (Å²) in [6.07, 6.45) is 3.58. The molecule has 0 amide bonds. The molecule has 12 nitrogen and oxygen atoms in total. The molecule has 6 rings (SSSR count). The second-order valence-electron chi connectivity index (χ2n) is 10.2. The van der Waals surface area contributed by atoms with Gasteiger partial charge in [-0.25, -0.2) is 9.67 Å². The number of ether oxygens (including phenoxy) is 1. The second-order valence-corrected chi connectivity index (χ2v) is 11.1. The second kappa shape index (κ2) is 13.0. The predicted octanol–water partition coefficient (Wildman–Crippen LogP) is 3.17. The quantitative estimate of drug-likeness (QED) is 0.205. The van der Waals surface area contributed by atoms with Crippen LogP contribution in [0.15, 0.2) is 63.4 Å². The van der Waals surface area contributed by atoms with E-state index in [0.29, 0.717) is 73.9 Å². The third kappa shape index (κ3) is 6.45. The van der Waals surface area contributed by atoms with Gasteiger partial charge in [-0.15, -0.1) is 11.3 Å². The predicted molar refractivity (Wildman–Crippen MR) is 165 cm³/mol. The van der Waals surface area contributed by atoms with Gasteiger partial charge in [-0.2, -0.15) is 10.1 Å². The van der Waals surface area contributed by atoms with Gasteiger partial charge in [0.1, 0.15) is 4.70 Å². The van der Waals surface area contributed by atoms with Gasteiger partial charge in [0.25, 0.3) is 0 Å². The van der Waals surface area contributed by atoms with Crippen molar-refractivity contribution in [1.29, 1.82) is 0 Å². The molecular weight excluding hydrogens is 570 g/mol. The summed E-state index contributed by atoms with van der Waals surface area (Å²) in [4.78, 5) is 25.9. The number of hydrogen-bond donors (Lipinski definition) is 3. The minimum atomic E-state index is -0.0403. The number of hydrogen-bond acceptors (Lipinski definition) is 12. The first-order valence-electron chi connectivity index (χ1n) is 14.1. The van der Waals surface area contributed by atoms with Crippen molar-refractivity contribution in [3.63, 3.8) is 0 Å². The lowest BCUT2D eigenvalue weighted by molar-refractivity contribution is 0.121. The van der Waals surface area contributed by atoms with Crippen molar-refractivity contribution < 1.29 is 19.4 Å². The Bertz CT molecular complexity index is 1740. The average molecular weight is 604 g/mol. The smallest absolute Gasteiger partial charge is 0.229 e. The minimum Gasteiger partial charge on any atom is -0.439 e. The van der Waals surface area contributed by atoms with Gasteiger partial charge in [0.15, 0.2) is 17.3 Å². The number of aliphatic hydroxyl groups excluding tert-OH is 2. The number of aryl methyl sites for hydroxylation is 1. The summed E-state index contributed by atoms with van der Waals surface area (Å²) in [6, 6.07) is 11.2. The molecule has 0 spiro atoms. The normalized spacial score (nSPS) is 13.7. The summed E-state index contributed by atoms with van der Waals surface area (Å²) in [7, 11) is 0. The Hall–Kier alpha value is -4.14. The molecule has 0 radical (unpaired) electrons. The van der Waals surface area contributed by atoms with E-state index in [9.17, 15) is 15.0 Å². The van der Waals surface area contributed by atoms with Crippen LogP contribution >= 0.6 is 11.3 Å². The molecule has 3 N–H and O–H groups in total. The summed E-state index contributed by atoms with van der Waals surface area (Å²) in [5.74, 6) is 1.60. The van der Waals surface area contributed by atoms with Crippen molar-refractivity contribution >= 4 is 39.1 Å². The van der Waals surface area contributed by atoms with E-state index < -0.39 is 0 Å². The Morgan fingerprint density at radius 1 is 1.09 bits per heavy atom. The van der Waals surface area contributed by atoms with Gasteiger partial charge in [0.05, 0.1) is 32.1 Å². The van der Waals surface area contributed by atoms with Crippen molar-refractivity contribution in [2.24, 2.45) is 0 Å². The third-order valence-electron chi connectivity index (χ3n) is 7.31. The fourth-order valence-corrected chi connectivity index (χ4v) is 5.94. The Labute approximate surface area is 251 Å². The number of nitrogens with zero attached hydrogens (tertiary/aromatic N) is 6. The zero-order chi connectivity index (χ0) is 29.8. The van der Waals surface area contributed by atoms with Crippen LogP contribution in [0, 0.1) is 6.92 Å². The monoisotopic (exact) mass is 603 g/mol. The highest BCUT2D eigenvalue weighted by Gasteiger charge is 2.19. The highest BCUT2D eigenvalue weighted by molar-refractivity contribution is 7.17. The van der Waals surface area contributed by atoms with E-state index in [0.717, 1.165) is 28.1 Å². The van der Waals surface area contributed by atoms with Crippen LogP contribution in [0.25, 0.3) is 27.2 Å². The highest BCUT2D eigenvalue weighted by atomic mass is 32.1. The van der Waals surface area contributed by atoms with Crippen molar-refractivity contribution in [3.05, 3.63) is 75.7 Å². The van der Waals surface area contributed by atoms with Gasteiger partial charge >= 0.3 is 0 Å². The molecule has 5 heterocycles. The summed E-state index contributed by atoms with van der Waals surface area (Å²) in [6.45, 7) is 6.06. The summed E-state index contributed by atoms with van der Waals surface area (Å²) < 4.78 is 14.0. The lowest BCUT2D eigenvalue weighted by atomic mass is 10.1. The first-order chi connectivity index (χ1) is 21.0. The van der Waals surface area contributed by atoms with E-state index in [1.54, 1.807) is 23.0 Å². The van der Waals surface area contributed by atoms with E-state index in [-0.39, 0.29) is 18.6 Å². The number of rotatable bonds is 11. The number of morpholine rings is 1. The van der Waals surface area contributed by atoms with Crippen LogP contribution in [-0.4, -0.2) is 87.5 Å². The molecule has 0 unspecified atom stereocenters. The topological polar surface area (TPSA) is 142 Å². The molecule has 0 aliphatic carbocycles. The van der Waals surface area contributed by atoms with E-state index in [2.05, 4.69) is 20.4 Å².